The molecular formula is C14H22FNS. The Morgan fingerprint density at radius 2 is 2.41 bits per heavy atom. The first kappa shape index (κ1) is 13.0. The lowest BCUT2D eigenvalue weighted by molar-refractivity contribution is 0.135. The first-order valence-electron chi connectivity index (χ1n) is 6.59. The van der Waals surface area contributed by atoms with Crippen LogP contribution in [0.25, 0.3) is 0 Å². The molecule has 96 valence electrons. The highest BCUT2D eigenvalue weighted by Crippen LogP contribution is 2.27. The van der Waals surface area contributed by atoms with Crippen LogP contribution in [0.5, 0.6) is 0 Å². The maximum absolute atomic E-state index is 14.4. The van der Waals surface area contributed by atoms with Crippen molar-refractivity contribution in [2.75, 3.05) is 6.54 Å². The SMILES string of the molecule is CC(F)(CCc1ccsc1)CC1CCCCN1. The van der Waals surface area contributed by atoms with Crippen LogP contribution in [0.2, 0.25) is 0 Å². The fraction of sp³-hybridized carbons (Fsp3) is 0.714. The Bertz CT molecular complexity index is 315. The van der Waals surface area contributed by atoms with Crippen LogP contribution in [0.1, 0.15) is 44.6 Å². The van der Waals surface area contributed by atoms with Crippen LogP contribution in [0.3, 0.4) is 0 Å². The van der Waals surface area contributed by atoms with Crippen LogP contribution in [0.4, 0.5) is 4.39 Å². The van der Waals surface area contributed by atoms with E-state index in [1.54, 1.807) is 18.3 Å². The molecule has 1 N–H and O–H groups in total. The zero-order chi connectivity index (χ0) is 12.1. The lowest BCUT2D eigenvalue weighted by Gasteiger charge is -2.29. The molecule has 1 nitrogen and oxygen atoms in total. The molecule has 0 aliphatic carbocycles. The third kappa shape index (κ3) is 4.40. The number of thiophene rings is 1. The molecule has 1 aromatic heterocycles. The third-order valence-corrected chi connectivity index (χ3v) is 4.33. The summed E-state index contributed by atoms with van der Waals surface area (Å²) < 4.78 is 14.4. The largest absolute Gasteiger partial charge is 0.314 e. The monoisotopic (exact) mass is 255 g/mol. The maximum atomic E-state index is 14.4. The van der Waals surface area contributed by atoms with Crippen molar-refractivity contribution in [3.05, 3.63) is 22.4 Å². The molecule has 1 aliphatic heterocycles. The second-order valence-corrected chi connectivity index (χ2v) is 6.18. The fourth-order valence-electron chi connectivity index (χ4n) is 2.55. The molecule has 1 fully saturated rings. The summed E-state index contributed by atoms with van der Waals surface area (Å²) in [5, 5.41) is 7.61. The van der Waals surface area contributed by atoms with Crippen molar-refractivity contribution in [2.24, 2.45) is 0 Å². The average molecular weight is 255 g/mol. The lowest BCUT2D eigenvalue weighted by atomic mass is 9.89. The van der Waals surface area contributed by atoms with Crippen LogP contribution in [0, 0.1) is 0 Å². The van der Waals surface area contributed by atoms with Gasteiger partial charge in [-0.3, -0.25) is 0 Å². The van der Waals surface area contributed by atoms with E-state index in [2.05, 4.69) is 22.1 Å². The summed E-state index contributed by atoms with van der Waals surface area (Å²) in [5.41, 5.74) is 0.243. The molecule has 3 heteroatoms. The average Bonchev–Trinajstić information content (AvgIpc) is 2.80. The predicted octanol–water partition coefficient (Wildman–Crippen LogP) is 3.94. The van der Waals surface area contributed by atoms with Gasteiger partial charge in [0.25, 0.3) is 0 Å². The molecule has 0 saturated carbocycles. The number of rotatable bonds is 5. The molecule has 0 radical (unpaired) electrons. The number of alkyl halides is 1. The molecule has 2 heterocycles. The summed E-state index contributed by atoms with van der Waals surface area (Å²) in [7, 11) is 0. The molecule has 0 aromatic carbocycles. The number of hydrogen-bond donors (Lipinski definition) is 1. The molecule has 2 atom stereocenters. The minimum Gasteiger partial charge on any atom is -0.314 e. The number of aryl methyl sites for hydroxylation is 1. The summed E-state index contributed by atoms with van der Waals surface area (Å²) >= 11 is 1.69. The lowest BCUT2D eigenvalue weighted by Crippen LogP contribution is -2.39. The van der Waals surface area contributed by atoms with Gasteiger partial charge in [-0.1, -0.05) is 6.42 Å². The van der Waals surface area contributed by atoms with Crippen LogP contribution < -0.4 is 5.32 Å². The zero-order valence-electron chi connectivity index (χ0n) is 10.5. The first-order valence-corrected chi connectivity index (χ1v) is 7.53. The van der Waals surface area contributed by atoms with Gasteiger partial charge in [0.05, 0.1) is 0 Å². The van der Waals surface area contributed by atoms with E-state index in [4.69, 9.17) is 0 Å². The highest BCUT2D eigenvalue weighted by Gasteiger charge is 2.28. The van der Waals surface area contributed by atoms with E-state index < -0.39 is 5.67 Å². The maximum Gasteiger partial charge on any atom is 0.110 e. The molecule has 2 rings (SSSR count). The summed E-state index contributed by atoms with van der Waals surface area (Å²) in [6, 6.07) is 2.49. The number of nitrogens with one attached hydrogen (secondary N) is 1. The van der Waals surface area contributed by atoms with Crippen molar-refractivity contribution in [1.82, 2.24) is 5.32 Å². The Labute approximate surface area is 107 Å². The Balaban J connectivity index is 1.77. The topological polar surface area (TPSA) is 12.0 Å². The van der Waals surface area contributed by atoms with Gasteiger partial charge in [-0.2, -0.15) is 11.3 Å². The standard InChI is InChI=1S/C14H22FNS/c1-14(15,7-5-12-6-9-17-11-12)10-13-4-2-3-8-16-13/h6,9,11,13,16H,2-5,7-8,10H2,1H3. The second-order valence-electron chi connectivity index (χ2n) is 5.40. The Kier molecular flexibility index (Phi) is 4.57. The summed E-state index contributed by atoms with van der Waals surface area (Å²) in [4.78, 5) is 0. The fourth-order valence-corrected chi connectivity index (χ4v) is 3.26. The molecule has 0 spiro atoms. The van der Waals surface area contributed by atoms with E-state index in [-0.39, 0.29) is 0 Å². The normalized spacial score (nSPS) is 24.5. The van der Waals surface area contributed by atoms with E-state index in [0.29, 0.717) is 18.9 Å². The molecular weight excluding hydrogens is 233 g/mol. The Morgan fingerprint density at radius 1 is 1.53 bits per heavy atom. The summed E-state index contributed by atoms with van der Waals surface area (Å²) in [6.07, 6.45) is 5.80. The molecule has 1 aliphatic rings. The van der Waals surface area contributed by atoms with Gasteiger partial charge in [-0.15, -0.1) is 0 Å². The minimum atomic E-state index is -1.03. The van der Waals surface area contributed by atoms with Crippen LogP contribution in [-0.4, -0.2) is 18.3 Å². The van der Waals surface area contributed by atoms with Gasteiger partial charge in [-0.25, -0.2) is 4.39 Å². The van der Waals surface area contributed by atoms with Crippen molar-refractivity contribution in [3.63, 3.8) is 0 Å². The van der Waals surface area contributed by atoms with Gasteiger partial charge in [-0.05, 0) is 68.0 Å². The van der Waals surface area contributed by atoms with Gasteiger partial charge < -0.3 is 5.32 Å². The van der Waals surface area contributed by atoms with Crippen molar-refractivity contribution in [1.29, 1.82) is 0 Å². The minimum absolute atomic E-state index is 0.390. The molecule has 17 heavy (non-hydrogen) atoms. The second kappa shape index (κ2) is 5.96. The molecule has 1 saturated heterocycles. The third-order valence-electron chi connectivity index (χ3n) is 3.60. The zero-order valence-corrected chi connectivity index (χ0v) is 11.4. The summed E-state index contributed by atoms with van der Waals surface area (Å²) in [5.74, 6) is 0. The van der Waals surface area contributed by atoms with Crippen molar-refractivity contribution < 1.29 is 4.39 Å². The van der Waals surface area contributed by atoms with Crippen molar-refractivity contribution in [3.8, 4) is 0 Å². The predicted molar refractivity (Wildman–Crippen MR) is 72.4 cm³/mol. The number of halogens is 1. The summed E-state index contributed by atoms with van der Waals surface area (Å²) in [6.45, 7) is 2.82. The van der Waals surface area contributed by atoms with E-state index in [9.17, 15) is 4.39 Å². The molecule has 0 amide bonds. The first-order chi connectivity index (χ1) is 8.16. The molecule has 1 aromatic rings. The molecule has 0 bridgehead atoms. The van der Waals surface area contributed by atoms with Crippen molar-refractivity contribution >= 4 is 11.3 Å². The smallest absolute Gasteiger partial charge is 0.110 e. The number of hydrogen-bond acceptors (Lipinski definition) is 2. The number of piperidine rings is 1. The van der Waals surface area contributed by atoms with Crippen molar-refractivity contribution in [2.45, 2.75) is 57.2 Å². The van der Waals surface area contributed by atoms with E-state index in [1.807, 2.05) is 0 Å². The van der Waals surface area contributed by atoms with E-state index >= 15 is 0 Å². The van der Waals surface area contributed by atoms with E-state index in [0.717, 1.165) is 19.4 Å². The van der Waals surface area contributed by atoms with Crippen LogP contribution in [0.15, 0.2) is 16.8 Å². The van der Waals surface area contributed by atoms with Gasteiger partial charge >= 0.3 is 0 Å². The van der Waals surface area contributed by atoms with Crippen LogP contribution in [-0.2, 0) is 6.42 Å². The Hall–Kier alpha value is -0.410. The van der Waals surface area contributed by atoms with Gasteiger partial charge in [0.15, 0.2) is 0 Å². The van der Waals surface area contributed by atoms with Crippen LogP contribution >= 0.6 is 11.3 Å². The highest BCUT2D eigenvalue weighted by molar-refractivity contribution is 7.07. The van der Waals surface area contributed by atoms with Gasteiger partial charge in [0, 0.05) is 6.04 Å². The van der Waals surface area contributed by atoms with E-state index in [1.165, 1.54) is 18.4 Å². The molecule has 2 unspecified atom stereocenters. The quantitative estimate of drug-likeness (QED) is 0.840. The highest BCUT2D eigenvalue weighted by atomic mass is 32.1. The van der Waals surface area contributed by atoms with Gasteiger partial charge in [0.2, 0.25) is 0 Å². The Morgan fingerprint density at radius 3 is 3.06 bits per heavy atom. The van der Waals surface area contributed by atoms with Gasteiger partial charge in [0.1, 0.15) is 5.67 Å².